The van der Waals surface area contributed by atoms with E-state index in [0.29, 0.717) is 39.4 Å². The summed E-state index contributed by atoms with van der Waals surface area (Å²) in [6.07, 6.45) is 3.08. The lowest BCUT2D eigenvalue weighted by Crippen LogP contribution is -2.28. The predicted molar refractivity (Wildman–Crippen MR) is 135 cm³/mol. The maximum atomic E-state index is 14.0. The van der Waals surface area contributed by atoms with Crippen LogP contribution in [-0.4, -0.2) is 37.2 Å². The molecule has 0 unspecified atom stereocenters. The van der Waals surface area contributed by atoms with Gasteiger partial charge in [-0.3, -0.25) is 9.78 Å². The molecule has 0 amide bonds. The second-order valence-electron chi connectivity index (χ2n) is 10.6. The fourth-order valence-electron chi connectivity index (χ4n) is 4.54. The number of hydrogen-bond acceptors (Lipinski definition) is 7. The van der Waals surface area contributed by atoms with Crippen LogP contribution < -0.4 is 0 Å². The second kappa shape index (κ2) is 8.40. The number of benzene rings is 1. The first-order valence-corrected chi connectivity index (χ1v) is 12.2. The summed E-state index contributed by atoms with van der Waals surface area (Å²) in [7, 11) is 0. The smallest absolute Gasteiger partial charge is 0.420 e. The Hall–Kier alpha value is -3.81. The number of carbonyl (C=O) groups excluding carboxylic acids is 2. The van der Waals surface area contributed by atoms with Crippen LogP contribution in [0.2, 0.25) is 0 Å². The highest BCUT2D eigenvalue weighted by Gasteiger charge is 2.35. The summed E-state index contributed by atoms with van der Waals surface area (Å²) in [4.78, 5) is 36.6. The van der Waals surface area contributed by atoms with Gasteiger partial charge in [-0.1, -0.05) is 5.16 Å². The molecule has 0 atom stereocenters. The molecule has 1 fully saturated rings. The molecule has 4 aromatic rings. The van der Waals surface area contributed by atoms with Gasteiger partial charge in [0.25, 0.3) is 0 Å². The van der Waals surface area contributed by atoms with Crippen LogP contribution in [0.5, 0.6) is 0 Å². The number of aromatic nitrogens is 4. The van der Waals surface area contributed by atoms with E-state index in [1.807, 2.05) is 60.6 Å². The van der Waals surface area contributed by atoms with Crippen LogP contribution in [0.4, 0.5) is 4.79 Å². The van der Waals surface area contributed by atoms with Crippen LogP contribution >= 0.6 is 0 Å². The van der Waals surface area contributed by atoms with Crippen molar-refractivity contribution < 1.29 is 18.8 Å². The quantitative estimate of drug-likeness (QED) is 0.316. The van der Waals surface area contributed by atoms with Crippen molar-refractivity contribution in [1.82, 2.24) is 19.7 Å². The van der Waals surface area contributed by atoms with E-state index in [0.717, 1.165) is 35.2 Å². The molecule has 5 rings (SSSR count). The Morgan fingerprint density at radius 2 is 1.78 bits per heavy atom. The van der Waals surface area contributed by atoms with Gasteiger partial charge in [-0.15, -0.1) is 0 Å². The lowest BCUT2D eigenvalue weighted by atomic mass is 9.94. The minimum absolute atomic E-state index is 0.153. The molecule has 0 aliphatic heterocycles. The molecular weight excluding hydrogens is 456 g/mol. The summed E-state index contributed by atoms with van der Waals surface area (Å²) in [5.74, 6) is 1.24. The van der Waals surface area contributed by atoms with Gasteiger partial charge in [0.2, 0.25) is 0 Å². The Balaban J connectivity index is 1.82. The van der Waals surface area contributed by atoms with Crippen molar-refractivity contribution in [3.63, 3.8) is 0 Å². The van der Waals surface area contributed by atoms with E-state index in [4.69, 9.17) is 14.2 Å². The van der Waals surface area contributed by atoms with Gasteiger partial charge in [0, 0.05) is 28.9 Å². The molecule has 3 heterocycles. The minimum Gasteiger partial charge on any atom is -0.443 e. The fourth-order valence-corrected chi connectivity index (χ4v) is 4.54. The molecule has 0 saturated heterocycles. The molecule has 1 aromatic carbocycles. The molecule has 8 heteroatoms. The highest BCUT2D eigenvalue weighted by atomic mass is 16.6. The first-order valence-electron chi connectivity index (χ1n) is 12.2. The number of rotatable bonds is 4. The summed E-state index contributed by atoms with van der Waals surface area (Å²) in [6.45, 7) is 12.9. The van der Waals surface area contributed by atoms with Gasteiger partial charge in [0.05, 0.1) is 16.8 Å². The van der Waals surface area contributed by atoms with Crippen molar-refractivity contribution in [2.75, 3.05) is 0 Å². The van der Waals surface area contributed by atoms with Crippen molar-refractivity contribution in [2.24, 2.45) is 0 Å². The van der Waals surface area contributed by atoms with E-state index < -0.39 is 11.7 Å². The van der Waals surface area contributed by atoms with Crippen molar-refractivity contribution >= 4 is 22.9 Å². The molecule has 1 aliphatic carbocycles. The number of carbonyl (C=O) groups is 2. The van der Waals surface area contributed by atoms with Crippen molar-refractivity contribution in [1.29, 1.82) is 0 Å². The largest absolute Gasteiger partial charge is 0.443 e. The number of ether oxygens (including phenoxy) is 1. The van der Waals surface area contributed by atoms with E-state index in [1.54, 1.807) is 16.8 Å². The van der Waals surface area contributed by atoms with Crippen LogP contribution in [0.25, 0.3) is 22.2 Å². The topological polar surface area (TPSA) is 100 Å². The second-order valence-corrected chi connectivity index (χ2v) is 10.6. The maximum Gasteiger partial charge on any atom is 0.420 e. The zero-order chi connectivity index (χ0) is 25.9. The number of aryl methyl sites for hydroxylation is 4. The van der Waals surface area contributed by atoms with Gasteiger partial charge in [-0.05, 0) is 90.6 Å². The number of imidazole rings is 1. The van der Waals surface area contributed by atoms with Gasteiger partial charge >= 0.3 is 6.09 Å². The molecule has 0 radical (unpaired) electrons. The summed E-state index contributed by atoms with van der Waals surface area (Å²) < 4.78 is 12.7. The molecule has 0 N–H and O–H groups in total. The summed E-state index contributed by atoms with van der Waals surface area (Å²) >= 11 is 0. The lowest BCUT2D eigenvalue weighted by molar-refractivity contribution is 0.0538. The van der Waals surface area contributed by atoms with Crippen molar-refractivity contribution in [3.05, 3.63) is 64.1 Å². The Labute approximate surface area is 209 Å². The van der Waals surface area contributed by atoms with Gasteiger partial charge in [-0.25, -0.2) is 14.3 Å². The average molecular weight is 487 g/mol. The Bertz CT molecular complexity index is 1510. The minimum atomic E-state index is -0.682. The zero-order valence-electron chi connectivity index (χ0n) is 21.7. The highest BCUT2D eigenvalue weighted by molar-refractivity contribution is 6.17. The molecule has 1 aliphatic rings. The molecule has 0 bridgehead atoms. The first kappa shape index (κ1) is 23.9. The standard InChI is InChI=1S/C28H30N4O4/c1-14-13-29-15(2)10-20(14)25(33)21-11-19(23-16(3)31-36-17(23)4)12-22-24(21)30-26(18-8-9-18)32(22)27(34)35-28(5,6)7/h10-13,18H,8-9H2,1-7H3. The fraction of sp³-hybridized carbons (Fsp3) is 0.393. The number of hydrogen-bond donors (Lipinski definition) is 0. The SMILES string of the molecule is Cc1cc(C(=O)c2cc(-c3c(C)noc3C)cc3c2nc(C2CC2)n3C(=O)OC(C)(C)C)c(C)cn1. The third-order valence-corrected chi connectivity index (χ3v) is 6.36. The van der Waals surface area contributed by atoms with Crippen LogP contribution in [0.3, 0.4) is 0 Å². The molecule has 0 spiro atoms. The third-order valence-electron chi connectivity index (χ3n) is 6.36. The van der Waals surface area contributed by atoms with Gasteiger partial charge < -0.3 is 9.26 Å². The molecule has 36 heavy (non-hydrogen) atoms. The lowest BCUT2D eigenvalue weighted by Gasteiger charge is -2.20. The van der Waals surface area contributed by atoms with Gasteiger partial charge in [0.15, 0.2) is 5.78 Å². The molecule has 8 nitrogen and oxygen atoms in total. The Kier molecular flexibility index (Phi) is 5.58. The third kappa shape index (κ3) is 4.21. The normalized spacial score (nSPS) is 13.9. The molecule has 186 valence electrons. The Morgan fingerprint density at radius 1 is 1.06 bits per heavy atom. The predicted octanol–water partition coefficient (Wildman–Crippen LogP) is 6.21. The monoisotopic (exact) mass is 486 g/mol. The van der Waals surface area contributed by atoms with E-state index in [1.165, 1.54) is 0 Å². The van der Waals surface area contributed by atoms with Crippen LogP contribution in [0, 0.1) is 27.7 Å². The highest BCUT2D eigenvalue weighted by Crippen LogP contribution is 2.42. The number of fused-ring (bicyclic) bond motifs is 1. The van der Waals surface area contributed by atoms with Crippen LogP contribution in [0.1, 0.15) is 84.0 Å². The van der Waals surface area contributed by atoms with Gasteiger partial charge in [-0.2, -0.15) is 0 Å². The molecule has 1 saturated carbocycles. The number of ketones is 1. The first-order chi connectivity index (χ1) is 16.9. The van der Waals surface area contributed by atoms with Crippen molar-refractivity contribution in [3.8, 4) is 11.1 Å². The summed E-state index contributed by atoms with van der Waals surface area (Å²) in [6, 6.07) is 5.50. The Morgan fingerprint density at radius 3 is 2.39 bits per heavy atom. The van der Waals surface area contributed by atoms with Crippen LogP contribution in [0.15, 0.2) is 28.9 Å². The average Bonchev–Trinajstić information content (AvgIpc) is 3.49. The molecular formula is C28H30N4O4. The number of pyridine rings is 1. The van der Waals surface area contributed by atoms with E-state index in [2.05, 4.69) is 10.1 Å². The van der Waals surface area contributed by atoms with E-state index >= 15 is 0 Å². The zero-order valence-corrected chi connectivity index (χ0v) is 21.7. The summed E-state index contributed by atoms with van der Waals surface area (Å²) in [5, 5.41) is 4.10. The number of nitrogens with zero attached hydrogens (tertiary/aromatic N) is 4. The van der Waals surface area contributed by atoms with E-state index in [9.17, 15) is 9.59 Å². The maximum absolute atomic E-state index is 14.0. The molecule has 3 aromatic heterocycles. The van der Waals surface area contributed by atoms with Crippen molar-refractivity contribution in [2.45, 2.75) is 72.8 Å². The summed E-state index contributed by atoms with van der Waals surface area (Å²) in [5.41, 5.74) is 5.06. The van der Waals surface area contributed by atoms with Crippen LogP contribution in [-0.2, 0) is 4.74 Å². The van der Waals surface area contributed by atoms with Gasteiger partial charge in [0.1, 0.15) is 22.7 Å². The van der Waals surface area contributed by atoms with E-state index in [-0.39, 0.29) is 11.7 Å².